The van der Waals surface area contributed by atoms with Gasteiger partial charge in [0.15, 0.2) is 0 Å². The Hall–Kier alpha value is -2.43. The molecule has 0 atom stereocenters. The van der Waals surface area contributed by atoms with E-state index in [1.165, 1.54) is 0 Å². The summed E-state index contributed by atoms with van der Waals surface area (Å²) in [5.74, 6) is 0.926. The van der Waals surface area contributed by atoms with Crippen LogP contribution in [0.1, 0.15) is 0 Å². The van der Waals surface area contributed by atoms with Gasteiger partial charge < -0.3 is 22.9 Å². The molecule has 0 aliphatic rings. The van der Waals surface area contributed by atoms with Gasteiger partial charge in [-0.1, -0.05) is 18.2 Å². The van der Waals surface area contributed by atoms with Gasteiger partial charge in [-0.2, -0.15) is 0 Å². The average Bonchev–Trinajstić information content (AvgIpc) is 2.23. The minimum Gasteiger partial charge on any atom is -0.397 e. The molecule has 16 heavy (non-hydrogen) atoms. The number of nitrogens with two attached hydrogens (primary N) is 4. The van der Waals surface area contributed by atoms with E-state index in [9.17, 15) is 0 Å². The zero-order valence-corrected chi connectivity index (χ0v) is 8.80. The fourth-order valence-corrected chi connectivity index (χ4v) is 0.980. The number of nitrogens with zero attached hydrogens (tertiary/aromatic N) is 1. The minimum absolute atomic E-state index is 0.463. The van der Waals surface area contributed by atoms with Crippen LogP contribution in [-0.2, 0) is 0 Å². The number of rotatable bonds is 0. The summed E-state index contributed by atoms with van der Waals surface area (Å²) in [6.07, 6.45) is 0. The SMILES string of the molecule is Nc1cccc(N)n1.Nc1ccccc1N. The van der Waals surface area contributed by atoms with E-state index in [1.54, 1.807) is 30.3 Å². The van der Waals surface area contributed by atoms with E-state index in [2.05, 4.69) is 4.98 Å². The molecule has 2 rings (SSSR count). The highest BCUT2D eigenvalue weighted by Crippen LogP contribution is 2.10. The Labute approximate surface area is 94.1 Å². The molecule has 0 bridgehead atoms. The molecular formula is C11H15N5. The topological polar surface area (TPSA) is 117 Å². The number of hydrogen-bond acceptors (Lipinski definition) is 5. The van der Waals surface area contributed by atoms with Crippen LogP contribution in [0.4, 0.5) is 23.0 Å². The molecular weight excluding hydrogens is 202 g/mol. The second kappa shape index (κ2) is 5.45. The maximum atomic E-state index is 5.39. The number of aromatic nitrogens is 1. The molecule has 1 aromatic heterocycles. The first-order chi connectivity index (χ1) is 7.59. The lowest BCUT2D eigenvalue weighted by atomic mass is 10.3. The zero-order valence-electron chi connectivity index (χ0n) is 8.80. The van der Waals surface area contributed by atoms with Crippen LogP contribution in [0.25, 0.3) is 0 Å². The lowest BCUT2D eigenvalue weighted by Crippen LogP contribution is -1.93. The van der Waals surface area contributed by atoms with Crippen molar-refractivity contribution in [2.24, 2.45) is 0 Å². The molecule has 0 aliphatic carbocycles. The van der Waals surface area contributed by atoms with Crippen LogP contribution in [0.3, 0.4) is 0 Å². The van der Waals surface area contributed by atoms with Crippen molar-refractivity contribution in [3.63, 3.8) is 0 Å². The second-order valence-corrected chi connectivity index (χ2v) is 3.12. The molecule has 0 unspecified atom stereocenters. The van der Waals surface area contributed by atoms with Gasteiger partial charge in [0.25, 0.3) is 0 Å². The predicted octanol–water partition coefficient (Wildman–Crippen LogP) is 1.10. The summed E-state index contributed by atoms with van der Waals surface area (Å²) < 4.78 is 0. The zero-order chi connectivity index (χ0) is 12.0. The first-order valence-electron chi connectivity index (χ1n) is 4.67. The van der Waals surface area contributed by atoms with E-state index in [-0.39, 0.29) is 0 Å². The Bertz CT molecular complexity index is 417. The largest absolute Gasteiger partial charge is 0.397 e. The van der Waals surface area contributed by atoms with Crippen molar-refractivity contribution in [1.82, 2.24) is 4.98 Å². The van der Waals surface area contributed by atoms with Crippen molar-refractivity contribution in [1.29, 1.82) is 0 Å². The van der Waals surface area contributed by atoms with Crippen LogP contribution in [-0.4, -0.2) is 4.98 Å². The van der Waals surface area contributed by atoms with E-state index in [1.807, 2.05) is 12.1 Å². The maximum absolute atomic E-state index is 5.39. The van der Waals surface area contributed by atoms with Crippen LogP contribution in [0.5, 0.6) is 0 Å². The summed E-state index contributed by atoms with van der Waals surface area (Å²) in [6, 6.07) is 12.4. The van der Waals surface area contributed by atoms with Crippen molar-refractivity contribution in [2.45, 2.75) is 0 Å². The van der Waals surface area contributed by atoms with Gasteiger partial charge in [-0.05, 0) is 24.3 Å². The first-order valence-corrected chi connectivity index (χ1v) is 4.67. The van der Waals surface area contributed by atoms with Crippen molar-refractivity contribution in [2.75, 3.05) is 22.9 Å². The molecule has 1 aromatic carbocycles. The monoisotopic (exact) mass is 217 g/mol. The minimum atomic E-state index is 0.463. The molecule has 1 heterocycles. The summed E-state index contributed by atoms with van der Waals surface area (Å²) in [5.41, 5.74) is 22.6. The summed E-state index contributed by atoms with van der Waals surface area (Å²) in [6.45, 7) is 0. The maximum Gasteiger partial charge on any atom is 0.125 e. The van der Waals surface area contributed by atoms with E-state index >= 15 is 0 Å². The lowest BCUT2D eigenvalue weighted by molar-refractivity contribution is 1.34. The molecule has 5 nitrogen and oxygen atoms in total. The van der Waals surface area contributed by atoms with Crippen molar-refractivity contribution in [3.05, 3.63) is 42.5 Å². The third-order valence-corrected chi connectivity index (χ3v) is 1.79. The van der Waals surface area contributed by atoms with E-state index in [0.29, 0.717) is 23.0 Å². The highest BCUT2D eigenvalue weighted by Gasteiger charge is 1.85. The Balaban J connectivity index is 0.000000160. The van der Waals surface area contributed by atoms with E-state index < -0.39 is 0 Å². The molecule has 0 aliphatic heterocycles. The molecule has 0 saturated heterocycles. The fourth-order valence-electron chi connectivity index (χ4n) is 0.980. The Morgan fingerprint density at radius 2 is 1.06 bits per heavy atom. The number of pyridine rings is 1. The molecule has 84 valence electrons. The highest BCUT2D eigenvalue weighted by atomic mass is 14.9. The third kappa shape index (κ3) is 3.75. The van der Waals surface area contributed by atoms with Gasteiger partial charge in [-0.3, -0.25) is 0 Å². The quantitative estimate of drug-likeness (QED) is 0.493. The molecule has 0 saturated carbocycles. The Morgan fingerprint density at radius 1 is 0.625 bits per heavy atom. The molecule has 0 amide bonds. The molecule has 0 fully saturated rings. The molecule has 0 spiro atoms. The fraction of sp³-hybridized carbons (Fsp3) is 0. The molecule has 0 radical (unpaired) electrons. The number of benzene rings is 1. The van der Waals surface area contributed by atoms with Gasteiger partial charge in [-0.15, -0.1) is 0 Å². The summed E-state index contributed by atoms with van der Waals surface area (Å²) >= 11 is 0. The number of anilines is 4. The van der Waals surface area contributed by atoms with Gasteiger partial charge in [0.1, 0.15) is 11.6 Å². The van der Waals surface area contributed by atoms with Gasteiger partial charge in [-0.25, -0.2) is 4.98 Å². The van der Waals surface area contributed by atoms with E-state index in [4.69, 9.17) is 22.9 Å². The van der Waals surface area contributed by atoms with Gasteiger partial charge in [0, 0.05) is 0 Å². The van der Waals surface area contributed by atoms with Crippen molar-refractivity contribution in [3.8, 4) is 0 Å². The van der Waals surface area contributed by atoms with Crippen LogP contribution in [0.2, 0.25) is 0 Å². The smallest absolute Gasteiger partial charge is 0.125 e. The number of para-hydroxylation sites is 2. The van der Waals surface area contributed by atoms with Crippen molar-refractivity contribution < 1.29 is 0 Å². The second-order valence-electron chi connectivity index (χ2n) is 3.12. The standard InChI is InChI=1S/C6H8N2.C5H7N3/c7-5-3-1-2-4-6(5)8;6-4-2-1-3-5(7)8-4/h1-4H,7-8H2;1-3H,(H4,6,7,8). The van der Waals surface area contributed by atoms with Crippen LogP contribution < -0.4 is 22.9 Å². The Morgan fingerprint density at radius 3 is 1.31 bits per heavy atom. The van der Waals surface area contributed by atoms with Gasteiger partial charge in [0.2, 0.25) is 0 Å². The normalized spacial score (nSPS) is 9.00. The Kier molecular flexibility index (Phi) is 3.97. The van der Waals surface area contributed by atoms with E-state index in [0.717, 1.165) is 0 Å². The summed E-state index contributed by atoms with van der Waals surface area (Å²) in [4.78, 5) is 3.73. The van der Waals surface area contributed by atoms with Crippen molar-refractivity contribution >= 4 is 23.0 Å². The van der Waals surface area contributed by atoms with Crippen LogP contribution >= 0.6 is 0 Å². The predicted molar refractivity (Wildman–Crippen MR) is 68.3 cm³/mol. The first kappa shape index (κ1) is 11.6. The summed E-state index contributed by atoms with van der Waals surface area (Å²) in [7, 11) is 0. The molecule has 8 N–H and O–H groups in total. The number of hydrogen-bond donors (Lipinski definition) is 4. The molecule has 5 heteroatoms. The average molecular weight is 217 g/mol. The van der Waals surface area contributed by atoms with Gasteiger partial charge in [0.05, 0.1) is 11.4 Å². The summed E-state index contributed by atoms with van der Waals surface area (Å²) in [5, 5.41) is 0. The van der Waals surface area contributed by atoms with Crippen LogP contribution in [0.15, 0.2) is 42.5 Å². The lowest BCUT2D eigenvalue weighted by Gasteiger charge is -1.94. The van der Waals surface area contributed by atoms with Gasteiger partial charge >= 0.3 is 0 Å². The highest BCUT2D eigenvalue weighted by molar-refractivity contribution is 5.62. The van der Waals surface area contributed by atoms with Crippen LogP contribution in [0, 0.1) is 0 Å². The third-order valence-electron chi connectivity index (χ3n) is 1.79. The molecule has 2 aromatic rings. The number of nitrogen functional groups attached to an aromatic ring is 4.